The number of hydrogen-bond donors (Lipinski definition) is 2. The zero-order chi connectivity index (χ0) is 23.8. The maximum atomic E-state index is 12.6. The molecule has 0 unspecified atom stereocenters. The summed E-state index contributed by atoms with van der Waals surface area (Å²) in [5.41, 5.74) is 1.99. The summed E-state index contributed by atoms with van der Waals surface area (Å²) < 4.78 is 33.2. The van der Waals surface area contributed by atoms with Crippen LogP contribution in [0.4, 0.5) is 11.5 Å². The number of carbonyl (C=O) groups excluding carboxylic acids is 1. The van der Waals surface area contributed by atoms with Crippen LogP contribution in [0.15, 0.2) is 65.6 Å². The summed E-state index contributed by atoms with van der Waals surface area (Å²) in [5.74, 6) is 1.13. The van der Waals surface area contributed by atoms with Crippen LogP contribution in [-0.2, 0) is 14.8 Å². The molecule has 0 saturated carbocycles. The summed E-state index contributed by atoms with van der Waals surface area (Å²) in [4.78, 5) is 20.5. The Balaban J connectivity index is 1.60. The number of sulfonamides is 1. The Bertz CT molecular complexity index is 1220. The second-order valence-corrected chi connectivity index (χ2v) is 8.99. The number of rotatable bonds is 9. The maximum absolute atomic E-state index is 12.6. The van der Waals surface area contributed by atoms with E-state index < -0.39 is 10.0 Å². The van der Waals surface area contributed by atoms with Gasteiger partial charge < -0.3 is 10.1 Å². The summed E-state index contributed by atoms with van der Waals surface area (Å²) in [6, 6.07) is 14.9. The Morgan fingerprint density at radius 3 is 2.36 bits per heavy atom. The summed E-state index contributed by atoms with van der Waals surface area (Å²) in [5, 5.41) is 2.71. The van der Waals surface area contributed by atoms with E-state index >= 15 is 0 Å². The van der Waals surface area contributed by atoms with Crippen LogP contribution in [-0.4, -0.2) is 30.9 Å². The monoisotopic (exact) mass is 466 g/mol. The smallest absolute Gasteiger partial charge is 0.263 e. The van der Waals surface area contributed by atoms with Gasteiger partial charge in [0.25, 0.3) is 10.0 Å². The molecule has 1 aromatic heterocycles. The molecule has 0 aliphatic rings. The zero-order valence-corrected chi connectivity index (χ0v) is 19.5. The van der Waals surface area contributed by atoms with Crippen molar-refractivity contribution < 1.29 is 17.9 Å². The molecule has 0 bridgehead atoms. The first-order valence-electron chi connectivity index (χ1n) is 10.4. The minimum Gasteiger partial charge on any atom is -0.494 e. The zero-order valence-electron chi connectivity index (χ0n) is 18.7. The lowest BCUT2D eigenvalue weighted by atomic mass is 10.2. The molecule has 33 heavy (non-hydrogen) atoms. The van der Waals surface area contributed by atoms with Crippen LogP contribution in [0.1, 0.15) is 30.4 Å². The largest absolute Gasteiger partial charge is 0.494 e. The van der Waals surface area contributed by atoms with E-state index in [1.165, 1.54) is 30.3 Å². The number of anilines is 2. The van der Waals surface area contributed by atoms with Crippen molar-refractivity contribution in [1.29, 1.82) is 0 Å². The van der Waals surface area contributed by atoms with Crippen molar-refractivity contribution in [3.8, 4) is 5.75 Å². The Morgan fingerprint density at radius 1 is 1.03 bits per heavy atom. The molecule has 0 aliphatic heterocycles. The molecule has 0 spiro atoms. The van der Waals surface area contributed by atoms with Gasteiger partial charge in [-0.2, -0.15) is 0 Å². The fourth-order valence-electron chi connectivity index (χ4n) is 2.93. The minimum atomic E-state index is -3.83. The predicted octanol–water partition coefficient (Wildman–Crippen LogP) is 4.33. The summed E-state index contributed by atoms with van der Waals surface area (Å²) in [6.45, 7) is 6.15. The lowest BCUT2D eigenvalue weighted by Gasteiger charge is -2.09. The van der Waals surface area contributed by atoms with Gasteiger partial charge in [0.15, 0.2) is 0 Å². The SMILES string of the molecule is CCCOc1ccc(/C=C/C(=O)Nc2ccc(S(=O)(=O)Nc3cc(C)nc(C)n3)cc2)cc1. The van der Waals surface area contributed by atoms with Crippen LogP contribution in [0.25, 0.3) is 6.08 Å². The van der Waals surface area contributed by atoms with Gasteiger partial charge in [0.2, 0.25) is 5.91 Å². The normalized spacial score (nSPS) is 11.4. The van der Waals surface area contributed by atoms with Gasteiger partial charge in [-0.1, -0.05) is 19.1 Å². The second-order valence-electron chi connectivity index (χ2n) is 7.31. The highest BCUT2D eigenvalue weighted by atomic mass is 32.2. The quantitative estimate of drug-likeness (QED) is 0.454. The second kappa shape index (κ2) is 10.7. The molecule has 0 aliphatic carbocycles. The number of nitrogens with zero attached hydrogens (tertiary/aromatic N) is 2. The predicted molar refractivity (Wildman–Crippen MR) is 129 cm³/mol. The average Bonchev–Trinajstić information content (AvgIpc) is 2.76. The standard InChI is InChI=1S/C24H26N4O4S/c1-4-15-32-21-10-5-19(6-11-21)7-14-24(29)27-20-8-12-22(13-9-20)33(30,31)28-23-16-17(2)25-18(3)26-23/h5-14,16H,4,15H2,1-3H3,(H,27,29)(H,25,26,28)/b14-7+. The Morgan fingerprint density at radius 2 is 1.73 bits per heavy atom. The number of ether oxygens (including phenoxy) is 1. The Kier molecular flexibility index (Phi) is 7.78. The number of amides is 1. The molecule has 2 N–H and O–H groups in total. The molecule has 3 rings (SSSR count). The van der Waals surface area contributed by atoms with Crippen molar-refractivity contribution in [2.75, 3.05) is 16.6 Å². The van der Waals surface area contributed by atoms with E-state index in [1.54, 1.807) is 26.0 Å². The van der Waals surface area contributed by atoms with Gasteiger partial charge >= 0.3 is 0 Å². The number of hydrogen-bond acceptors (Lipinski definition) is 6. The molecule has 3 aromatic rings. The van der Waals surface area contributed by atoms with Crippen molar-refractivity contribution in [2.45, 2.75) is 32.1 Å². The number of nitrogens with one attached hydrogen (secondary N) is 2. The fraction of sp³-hybridized carbons (Fsp3) is 0.208. The summed E-state index contributed by atoms with van der Waals surface area (Å²) in [6.07, 6.45) is 4.04. The van der Waals surface area contributed by atoms with Gasteiger partial charge in [-0.15, -0.1) is 0 Å². The van der Waals surface area contributed by atoms with E-state index in [-0.39, 0.29) is 16.6 Å². The van der Waals surface area contributed by atoms with Crippen molar-refractivity contribution >= 4 is 33.5 Å². The van der Waals surface area contributed by atoms with E-state index in [0.717, 1.165) is 17.7 Å². The van der Waals surface area contributed by atoms with Crippen molar-refractivity contribution in [2.24, 2.45) is 0 Å². The van der Waals surface area contributed by atoms with Gasteiger partial charge in [0.05, 0.1) is 11.5 Å². The van der Waals surface area contributed by atoms with Gasteiger partial charge in [-0.25, -0.2) is 18.4 Å². The third-order valence-electron chi connectivity index (χ3n) is 4.42. The maximum Gasteiger partial charge on any atom is 0.263 e. The molecule has 0 saturated heterocycles. The highest BCUT2D eigenvalue weighted by Gasteiger charge is 2.15. The van der Waals surface area contributed by atoms with Gasteiger partial charge in [-0.3, -0.25) is 9.52 Å². The van der Waals surface area contributed by atoms with Gasteiger partial charge in [-0.05, 0) is 68.3 Å². The van der Waals surface area contributed by atoms with E-state index in [0.29, 0.717) is 23.8 Å². The van der Waals surface area contributed by atoms with Crippen LogP contribution in [0.2, 0.25) is 0 Å². The van der Waals surface area contributed by atoms with Crippen LogP contribution in [0, 0.1) is 13.8 Å². The molecule has 1 amide bonds. The molecular weight excluding hydrogens is 440 g/mol. The van der Waals surface area contributed by atoms with Crippen molar-refractivity contribution in [3.05, 3.63) is 77.8 Å². The number of aryl methyl sites for hydroxylation is 2. The molecule has 8 nitrogen and oxygen atoms in total. The Hall–Kier alpha value is -3.72. The summed E-state index contributed by atoms with van der Waals surface area (Å²) >= 11 is 0. The molecular formula is C24H26N4O4S. The van der Waals surface area contributed by atoms with Gasteiger partial charge in [0, 0.05) is 23.5 Å². The number of carbonyl (C=O) groups is 1. The topological polar surface area (TPSA) is 110 Å². The van der Waals surface area contributed by atoms with Crippen LogP contribution >= 0.6 is 0 Å². The van der Waals surface area contributed by atoms with E-state index in [2.05, 4.69) is 20.0 Å². The third kappa shape index (κ3) is 7.15. The average molecular weight is 467 g/mol. The van der Waals surface area contributed by atoms with E-state index in [1.807, 2.05) is 31.2 Å². The molecule has 1 heterocycles. The molecule has 172 valence electrons. The third-order valence-corrected chi connectivity index (χ3v) is 5.79. The number of benzene rings is 2. The molecule has 0 atom stereocenters. The lowest BCUT2D eigenvalue weighted by Crippen LogP contribution is -2.15. The minimum absolute atomic E-state index is 0.0512. The molecule has 0 radical (unpaired) electrons. The highest BCUT2D eigenvalue weighted by Crippen LogP contribution is 2.18. The van der Waals surface area contributed by atoms with E-state index in [4.69, 9.17) is 4.74 Å². The Labute approximate surface area is 193 Å². The van der Waals surface area contributed by atoms with Gasteiger partial charge in [0.1, 0.15) is 17.4 Å². The van der Waals surface area contributed by atoms with Crippen LogP contribution in [0.3, 0.4) is 0 Å². The first-order valence-corrected chi connectivity index (χ1v) is 11.9. The molecule has 2 aromatic carbocycles. The molecule has 9 heteroatoms. The number of aromatic nitrogens is 2. The van der Waals surface area contributed by atoms with E-state index in [9.17, 15) is 13.2 Å². The summed E-state index contributed by atoms with van der Waals surface area (Å²) in [7, 11) is -3.83. The first kappa shape index (κ1) is 23.9. The van der Waals surface area contributed by atoms with Crippen LogP contribution in [0.5, 0.6) is 5.75 Å². The molecule has 0 fully saturated rings. The lowest BCUT2D eigenvalue weighted by molar-refractivity contribution is -0.111. The van der Waals surface area contributed by atoms with Crippen molar-refractivity contribution in [3.63, 3.8) is 0 Å². The first-order chi connectivity index (χ1) is 15.7. The van der Waals surface area contributed by atoms with Crippen LogP contribution < -0.4 is 14.8 Å². The highest BCUT2D eigenvalue weighted by molar-refractivity contribution is 7.92. The van der Waals surface area contributed by atoms with Crippen molar-refractivity contribution in [1.82, 2.24) is 9.97 Å². The fourth-order valence-corrected chi connectivity index (χ4v) is 3.93.